The van der Waals surface area contributed by atoms with E-state index in [9.17, 15) is 24.1 Å². The third-order valence-electron chi connectivity index (χ3n) is 6.22. The van der Waals surface area contributed by atoms with Gasteiger partial charge in [0.05, 0.1) is 23.3 Å². The first-order valence-electron chi connectivity index (χ1n) is 12.1. The monoisotopic (exact) mass is 613 g/mol. The quantitative estimate of drug-likeness (QED) is 0.160. The van der Waals surface area contributed by atoms with E-state index in [1.54, 1.807) is 41.5 Å². The van der Waals surface area contributed by atoms with E-state index in [0.717, 1.165) is 4.57 Å². The Balaban J connectivity index is 1.72. The van der Waals surface area contributed by atoms with Crippen LogP contribution in [0.15, 0.2) is 17.1 Å². The fraction of sp³-hybridized carbons (Fsp3) is 0.739. The fourth-order valence-electron chi connectivity index (χ4n) is 3.80. The Morgan fingerprint density at radius 3 is 2.08 bits per heavy atom. The van der Waals surface area contributed by atoms with E-state index in [2.05, 4.69) is 4.98 Å². The van der Waals surface area contributed by atoms with Crippen molar-refractivity contribution in [3.05, 3.63) is 22.7 Å². The van der Waals surface area contributed by atoms with E-state index in [0.29, 0.717) is 0 Å². The van der Waals surface area contributed by atoms with Crippen LogP contribution in [0.25, 0.3) is 0 Å². The number of fused-ring (bicyclic) bond motifs is 1. The maximum Gasteiger partial charge on any atom is 0.480 e. The standard InChI is InChI=1S/C23H34ClFN3O11P/c1-20(2,3)17(30)34-11-37-40(33,38-12-35-18(31)21(4,5)6)36-10-22(9-24)16(29)23(25)14(15(23)39-22)28-8-7-13(26)27-19(28)32/h7-8,14-16,29H,9-12H2,1-6H3,(H2,26,27,32). The number of aliphatic hydroxyl groups excluding tert-OH is 1. The summed E-state index contributed by atoms with van der Waals surface area (Å²) < 4.78 is 61.2. The summed E-state index contributed by atoms with van der Waals surface area (Å²) in [6, 6.07) is 0.0554. The van der Waals surface area contributed by atoms with Crippen molar-refractivity contribution in [2.45, 2.75) is 71.1 Å². The molecule has 0 spiro atoms. The number of ether oxygens (including phenoxy) is 3. The molecule has 3 rings (SSSR count). The number of rotatable bonds is 11. The van der Waals surface area contributed by atoms with Crippen molar-refractivity contribution < 1.29 is 51.4 Å². The van der Waals surface area contributed by atoms with Crippen LogP contribution in [0.3, 0.4) is 0 Å². The zero-order chi connectivity index (χ0) is 30.3. The molecule has 2 aliphatic rings. The Labute approximate surface area is 234 Å². The lowest BCUT2D eigenvalue weighted by atomic mass is 9.95. The Hall–Kier alpha value is -2.13. The molecule has 0 aromatic carbocycles. The molecule has 1 saturated carbocycles. The van der Waals surface area contributed by atoms with Gasteiger partial charge in [0.1, 0.15) is 29.7 Å². The Morgan fingerprint density at radius 2 is 1.68 bits per heavy atom. The van der Waals surface area contributed by atoms with Gasteiger partial charge in [-0.25, -0.2) is 22.8 Å². The van der Waals surface area contributed by atoms with E-state index >= 15 is 4.39 Å². The molecule has 226 valence electrons. The average Bonchev–Trinajstić information content (AvgIpc) is 3.35. The molecule has 5 atom stereocenters. The Kier molecular flexibility index (Phi) is 9.13. The molecule has 3 N–H and O–H groups in total. The SMILES string of the molecule is CC(C)(C)C(=O)OCOP(=O)(OCOC(=O)C(C)(C)C)OCC1(CCl)OC2C(n3ccc(N)nc3=O)C2(F)C1O. The fourth-order valence-corrected chi connectivity index (χ4v) is 5.05. The van der Waals surface area contributed by atoms with E-state index in [-0.39, 0.29) is 5.82 Å². The number of aromatic nitrogens is 2. The molecule has 1 aliphatic carbocycles. The number of aliphatic hydroxyl groups is 1. The Bertz CT molecular complexity index is 1200. The zero-order valence-corrected chi connectivity index (χ0v) is 24.6. The summed E-state index contributed by atoms with van der Waals surface area (Å²) in [7, 11) is -4.69. The molecule has 1 aromatic rings. The lowest BCUT2D eigenvalue weighted by Gasteiger charge is -2.34. The van der Waals surface area contributed by atoms with Crippen LogP contribution < -0.4 is 11.4 Å². The van der Waals surface area contributed by atoms with Crippen LogP contribution in [-0.4, -0.2) is 76.1 Å². The molecular weight excluding hydrogens is 580 g/mol. The number of hydrogen-bond donors (Lipinski definition) is 2. The summed E-state index contributed by atoms with van der Waals surface area (Å²) in [6.45, 7) is 6.92. The van der Waals surface area contributed by atoms with Gasteiger partial charge < -0.3 is 25.1 Å². The zero-order valence-electron chi connectivity index (χ0n) is 22.9. The summed E-state index contributed by atoms with van der Waals surface area (Å²) in [5, 5.41) is 10.9. The van der Waals surface area contributed by atoms with Gasteiger partial charge in [-0.05, 0) is 47.6 Å². The highest BCUT2D eigenvalue weighted by molar-refractivity contribution is 7.48. The predicted molar refractivity (Wildman–Crippen MR) is 137 cm³/mol. The van der Waals surface area contributed by atoms with Crippen LogP contribution in [0.2, 0.25) is 0 Å². The minimum absolute atomic E-state index is 0.0675. The maximum absolute atomic E-state index is 15.9. The van der Waals surface area contributed by atoms with Gasteiger partial charge in [-0.15, -0.1) is 11.6 Å². The summed E-state index contributed by atoms with van der Waals surface area (Å²) in [6.07, 6.45) is -2.06. The van der Waals surface area contributed by atoms with E-state index in [1.165, 1.54) is 12.3 Å². The highest BCUT2D eigenvalue weighted by atomic mass is 35.5. The summed E-state index contributed by atoms with van der Waals surface area (Å²) in [4.78, 5) is 39.8. The number of carbonyl (C=O) groups excluding carboxylic acids is 2. The van der Waals surface area contributed by atoms with Crippen molar-refractivity contribution in [2.75, 3.05) is 31.8 Å². The van der Waals surface area contributed by atoms with Gasteiger partial charge in [0, 0.05) is 6.20 Å². The second-order valence-corrected chi connectivity index (χ2v) is 13.5. The van der Waals surface area contributed by atoms with Gasteiger partial charge in [0.2, 0.25) is 13.6 Å². The van der Waals surface area contributed by atoms with E-state index in [4.69, 9.17) is 45.1 Å². The number of anilines is 1. The summed E-state index contributed by atoms with van der Waals surface area (Å²) in [5.41, 5.74) is -1.59. The molecule has 1 aliphatic heterocycles. The number of carbonyl (C=O) groups is 2. The first kappa shape index (κ1) is 32.4. The highest BCUT2D eigenvalue weighted by Gasteiger charge is 2.83. The second kappa shape index (κ2) is 11.3. The van der Waals surface area contributed by atoms with Crippen LogP contribution in [-0.2, 0) is 41.9 Å². The van der Waals surface area contributed by atoms with Crippen LogP contribution in [0.1, 0.15) is 47.6 Å². The number of esters is 2. The van der Waals surface area contributed by atoms with Gasteiger partial charge in [-0.3, -0.25) is 18.7 Å². The molecule has 40 heavy (non-hydrogen) atoms. The number of nitrogens with zero attached hydrogens (tertiary/aromatic N) is 2. The van der Waals surface area contributed by atoms with Gasteiger partial charge in [-0.1, -0.05) is 0 Å². The first-order valence-corrected chi connectivity index (χ1v) is 14.1. The van der Waals surface area contributed by atoms with Gasteiger partial charge in [0.25, 0.3) is 0 Å². The van der Waals surface area contributed by atoms with E-state index < -0.39 is 91.9 Å². The van der Waals surface area contributed by atoms with Crippen LogP contribution >= 0.6 is 19.4 Å². The minimum Gasteiger partial charge on any atom is -0.437 e. The average molecular weight is 614 g/mol. The van der Waals surface area contributed by atoms with Crippen molar-refractivity contribution in [2.24, 2.45) is 10.8 Å². The largest absolute Gasteiger partial charge is 0.480 e. The van der Waals surface area contributed by atoms with Crippen molar-refractivity contribution in [1.29, 1.82) is 0 Å². The van der Waals surface area contributed by atoms with Gasteiger partial charge in [0.15, 0.2) is 5.67 Å². The topological polar surface area (TPSA) is 188 Å². The van der Waals surface area contributed by atoms with Crippen LogP contribution in [0.4, 0.5) is 10.2 Å². The van der Waals surface area contributed by atoms with Crippen LogP contribution in [0, 0.1) is 10.8 Å². The van der Waals surface area contributed by atoms with Crippen LogP contribution in [0.5, 0.6) is 0 Å². The number of hydrogen-bond acceptors (Lipinski definition) is 13. The third kappa shape index (κ3) is 6.51. The Morgan fingerprint density at radius 1 is 1.15 bits per heavy atom. The second-order valence-electron chi connectivity index (χ2n) is 11.5. The maximum atomic E-state index is 15.9. The number of nitrogens with two attached hydrogens (primary N) is 1. The predicted octanol–water partition coefficient (Wildman–Crippen LogP) is 2.08. The van der Waals surface area contributed by atoms with E-state index in [1.807, 2.05) is 0 Å². The summed E-state index contributed by atoms with van der Waals surface area (Å²) in [5.74, 6) is -1.98. The lowest BCUT2D eigenvalue weighted by molar-refractivity contribution is -0.164. The van der Waals surface area contributed by atoms with Crippen molar-refractivity contribution >= 4 is 37.2 Å². The number of halogens is 2. The highest BCUT2D eigenvalue weighted by Crippen LogP contribution is 2.65. The number of alkyl halides is 2. The number of phosphoric acid groups is 1. The third-order valence-corrected chi connectivity index (χ3v) is 7.96. The smallest absolute Gasteiger partial charge is 0.437 e. The molecule has 1 aromatic heterocycles. The molecule has 2 heterocycles. The lowest BCUT2D eigenvalue weighted by Crippen LogP contribution is -2.52. The van der Waals surface area contributed by atoms with Gasteiger partial charge in [-0.2, -0.15) is 4.98 Å². The number of phosphoric ester groups is 1. The molecule has 5 unspecified atom stereocenters. The number of nitrogen functional groups attached to an aromatic ring is 1. The molecule has 14 nitrogen and oxygen atoms in total. The van der Waals surface area contributed by atoms with Crippen molar-refractivity contribution in [3.63, 3.8) is 0 Å². The summed E-state index contributed by atoms with van der Waals surface area (Å²) >= 11 is 6.03. The molecule has 0 amide bonds. The molecule has 0 radical (unpaired) electrons. The first-order chi connectivity index (χ1) is 18.3. The molecule has 2 fully saturated rings. The van der Waals surface area contributed by atoms with Gasteiger partial charge >= 0.3 is 25.5 Å². The minimum atomic E-state index is -4.69. The van der Waals surface area contributed by atoms with Crippen molar-refractivity contribution in [3.8, 4) is 0 Å². The molecular formula is C23H34ClFN3O11P. The normalized spacial score (nSPS) is 28.2. The van der Waals surface area contributed by atoms with Crippen molar-refractivity contribution in [1.82, 2.24) is 9.55 Å². The molecule has 1 saturated heterocycles. The molecule has 17 heteroatoms. The molecule has 0 bridgehead atoms.